The Bertz CT molecular complexity index is 918. The number of para-hydroxylation sites is 1. The Morgan fingerprint density at radius 1 is 1.30 bits per heavy atom. The van der Waals surface area contributed by atoms with E-state index in [1.54, 1.807) is 11.0 Å². The zero-order chi connectivity index (χ0) is 18.6. The molecule has 2 heterocycles. The van der Waals surface area contributed by atoms with E-state index in [2.05, 4.69) is 75.6 Å². The molecule has 27 heavy (non-hydrogen) atoms. The fourth-order valence-electron chi connectivity index (χ4n) is 3.70. The second-order valence-corrected chi connectivity index (χ2v) is 6.87. The number of hydrogen-bond donors (Lipinski definition) is 1. The van der Waals surface area contributed by atoms with Crippen LogP contribution in [-0.2, 0) is 13.0 Å². The Hall–Kier alpha value is -2.99. The van der Waals surface area contributed by atoms with E-state index in [1.165, 1.54) is 22.4 Å². The maximum Gasteiger partial charge on any atom is 0.143 e. The van der Waals surface area contributed by atoms with Crippen molar-refractivity contribution in [2.75, 3.05) is 18.4 Å². The highest BCUT2D eigenvalue weighted by Crippen LogP contribution is 2.30. The van der Waals surface area contributed by atoms with Gasteiger partial charge in [0.05, 0.1) is 5.69 Å². The van der Waals surface area contributed by atoms with E-state index in [-0.39, 0.29) is 6.04 Å². The minimum Gasteiger partial charge on any atom is -0.384 e. The van der Waals surface area contributed by atoms with Crippen LogP contribution in [0, 0.1) is 0 Å². The Morgan fingerprint density at radius 2 is 2.19 bits per heavy atom. The molecular formula is C21H24N6. The topological polar surface area (TPSA) is 58.9 Å². The second kappa shape index (κ2) is 7.72. The highest BCUT2D eigenvalue weighted by atomic mass is 15.5. The lowest BCUT2D eigenvalue weighted by Crippen LogP contribution is -2.27. The summed E-state index contributed by atoms with van der Waals surface area (Å²) in [7, 11) is 0. The number of nitrogens with zero attached hydrogens (tertiary/aromatic N) is 5. The molecule has 6 nitrogen and oxygen atoms in total. The molecule has 138 valence electrons. The van der Waals surface area contributed by atoms with Crippen LogP contribution in [0.2, 0.25) is 0 Å². The summed E-state index contributed by atoms with van der Waals surface area (Å²) in [4.78, 5) is 2.43. The third-order valence-corrected chi connectivity index (χ3v) is 5.18. The molecule has 1 aliphatic rings. The van der Waals surface area contributed by atoms with E-state index in [1.807, 2.05) is 12.1 Å². The first-order valence-electron chi connectivity index (χ1n) is 9.29. The first-order chi connectivity index (χ1) is 13.3. The van der Waals surface area contributed by atoms with Crippen LogP contribution in [0.15, 0.2) is 61.4 Å². The van der Waals surface area contributed by atoms with Gasteiger partial charge in [0.25, 0.3) is 0 Å². The van der Waals surface area contributed by atoms with Gasteiger partial charge in [-0.05, 0) is 52.6 Å². The molecule has 1 atom stereocenters. The largest absolute Gasteiger partial charge is 0.384 e. The van der Waals surface area contributed by atoms with Gasteiger partial charge in [0.1, 0.15) is 6.33 Å². The van der Waals surface area contributed by atoms with Gasteiger partial charge in [-0.1, -0.05) is 36.4 Å². The fourth-order valence-corrected chi connectivity index (χ4v) is 3.70. The van der Waals surface area contributed by atoms with Gasteiger partial charge in [-0.25, -0.2) is 4.68 Å². The molecule has 0 saturated carbocycles. The molecule has 1 N–H and O–H groups in total. The number of fused-ring (bicyclic) bond motifs is 1. The van der Waals surface area contributed by atoms with Crippen molar-refractivity contribution in [2.45, 2.75) is 25.9 Å². The first kappa shape index (κ1) is 17.4. The molecule has 3 aromatic rings. The van der Waals surface area contributed by atoms with Gasteiger partial charge >= 0.3 is 0 Å². The minimum absolute atomic E-state index is 0.233. The summed E-state index contributed by atoms with van der Waals surface area (Å²) in [6, 6.07) is 15.2. The van der Waals surface area contributed by atoms with Crippen LogP contribution in [0.4, 0.5) is 5.69 Å². The highest BCUT2D eigenvalue weighted by Gasteiger charge is 2.20. The average molecular weight is 360 g/mol. The van der Waals surface area contributed by atoms with E-state index in [4.69, 9.17) is 0 Å². The predicted molar refractivity (Wildman–Crippen MR) is 107 cm³/mol. The van der Waals surface area contributed by atoms with Gasteiger partial charge in [-0.2, -0.15) is 0 Å². The monoisotopic (exact) mass is 360 g/mol. The molecular weight excluding hydrogens is 336 g/mol. The van der Waals surface area contributed by atoms with E-state index in [0.717, 1.165) is 31.7 Å². The van der Waals surface area contributed by atoms with E-state index in [0.29, 0.717) is 0 Å². The number of rotatable bonds is 7. The number of hydrogen-bond acceptors (Lipinski definition) is 5. The molecule has 0 bridgehead atoms. The lowest BCUT2D eigenvalue weighted by molar-refractivity contribution is 0.225. The average Bonchev–Trinajstić information content (AvgIpc) is 3.39. The Morgan fingerprint density at radius 3 is 3.00 bits per heavy atom. The smallest absolute Gasteiger partial charge is 0.143 e. The number of tetrazole rings is 1. The summed E-state index contributed by atoms with van der Waals surface area (Å²) in [5, 5.41) is 15.0. The van der Waals surface area contributed by atoms with Crippen molar-refractivity contribution in [1.29, 1.82) is 0 Å². The SMILES string of the molecule is C=CCN(Cc1cccc2c1NCC2)C(C)c1cccc(-n2cnnn2)c1. The maximum absolute atomic E-state index is 3.99. The van der Waals surface area contributed by atoms with Crippen molar-refractivity contribution < 1.29 is 0 Å². The van der Waals surface area contributed by atoms with Gasteiger partial charge in [-0.15, -0.1) is 11.7 Å². The third kappa shape index (κ3) is 3.61. The van der Waals surface area contributed by atoms with Crippen LogP contribution < -0.4 is 5.32 Å². The van der Waals surface area contributed by atoms with Crippen LogP contribution in [0.25, 0.3) is 5.69 Å². The highest BCUT2D eigenvalue weighted by molar-refractivity contribution is 5.61. The van der Waals surface area contributed by atoms with Crippen molar-refractivity contribution in [3.63, 3.8) is 0 Å². The summed E-state index contributed by atoms with van der Waals surface area (Å²) >= 11 is 0. The van der Waals surface area contributed by atoms with Crippen molar-refractivity contribution in [3.05, 3.63) is 78.1 Å². The zero-order valence-corrected chi connectivity index (χ0v) is 15.5. The Kier molecular flexibility index (Phi) is 4.98. The van der Waals surface area contributed by atoms with E-state index >= 15 is 0 Å². The Labute approximate surface area is 159 Å². The van der Waals surface area contributed by atoms with E-state index in [9.17, 15) is 0 Å². The quantitative estimate of drug-likeness (QED) is 0.655. The molecule has 1 unspecified atom stereocenters. The second-order valence-electron chi connectivity index (χ2n) is 6.87. The van der Waals surface area contributed by atoms with Gasteiger partial charge in [0.2, 0.25) is 0 Å². The lowest BCUT2D eigenvalue weighted by Gasteiger charge is -2.29. The molecule has 0 saturated heterocycles. The number of nitrogens with one attached hydrogen (secondary N) is 1. The number of aromatic nitrogens is 4. The molecule has 1 aliphatic heterocycles. The zero-order valence-electron chi connectivity index (χ0n) is 15.5. The van der Waals surface area contributed by atoms with Crippen LogP contribution in [0.3, 0.4) is 0 Å². The summed E-state index contributed by atoms with van der Waals surface area (Å²) < 4.78 is 1.68. The minimum atomic E-state index is 0.233. The van der Waals surface area contributed by atoms with Gasteiger partial charge in [0.15, 0.2) is 0 Å². The van der Waals surface area contributed by atoms with E-state index < -0.39 is 0 Å². The molecule has 0 amide bonds. The fraction of sp³-hybridized carbons (Fsp3) is 0.286. The van der Waals surface area contributed by atoms with Crippen molar-refractivity contribution in [2.24, 2.45) is 0 Å². The molecule has 1 aromatic heterocycles. The van der Waals surface area contributed by atoms with Gasteiger partial charge in [-0.3, -0.25) is 4.90 Å². The van der Waals surface area contributed by atoms with Crippen molar-refractivity contribution in [3.8, 4) is 5.69 Å². The standard InChI is InChI=1S/C21H24N6/c1-3-12-26(14-19-8-4-6-17-10-11-22-21(17)19)16(2)18-7-5-9-20(13-18)27-15-23-24-25-27/h3-9,13,15-16,22H,1,10-12,14H2,2H3. The number of benzene rings is 2. The maximum atomic E-state index is 3.99. The molecule has 2 aromatic carbocycles. The predicted octanol–water partition coefficient (Wildman–Crippen LogP) is 3.38. The van der Waals surface area contributed by atoms with Crippen molar-refractivity contribution >= 4 is 5.69 Å². The lowest BCUT2D eigenvalue weighted by atomic mass is 10.0. The normalized spacial score (nSPS) is 14.0. The summed E-state index contributed by atoms with van der Waals surface area (Å²) in [6.07, 6.45) is 4.69. The van der Waals surface area contributed by atoms with Gasteiger partial charge in [0, 0.05) is 31.4 Å². The summed E-state index contributed by atoms with van der Waals surface area (Å²) in [5.41, 5.74) is 6.26. The molecule has 0 spiro atoms. The van der Waals surface area contributed by atoms with Crippen LogP contribution in [0.5, 0.6) is 0 Å². The van der Waals surface area contributed by atoms with Crippen LogP contribution >= 0.6 is 0 Å². The van der Waals surface area contributed by atoms with Crippen LogP contribution in [0.1, 0.15) is 29.7 Å². The van der Waals surface area contributed by atoms with Crippen molar-refractivity contribution in [1.82, 2.24) is 25.1 Å². The summed E-state index contributed by atoms with van der Waals surface area (Å²) in [6.45, 7) is 8.91. The Balaban J connectivity index is 1.60. The first-order valence-corrected chi connectivity index (χ1v) is 9.29. The molecule has 0 fully saturated rings. The van der Waals surface area contributed by atoms with Gasteiger partial charge < -0.3 is 5.32 Å². The molecule has 0 radical (unpaired) electrons. The number of anilines is 1. The molecule has 4 rings (SSSR count). The molecule has 6 heteroatoms. The van der Waals surface area contributed by atoms with Crippen LogP contribution in [-0.4, -0.2) is 38.2 Å². The summed E-state index contributed by atoms with van der Waals surface area (Å²) in [5.74, 6) is 0. The third-order valence-electron chi connectivity index (χ3n) is 5.18. The molecule has 0 aliphatic carbocycles.